The van der Waals surface area contributed by atoms with Crippen LogP contribution in [0.5, 0.6) is 0 Å². The van der Waals surface area contributed by atoms with Crippen molar-refractivity contribution in [2.24, 2.45) is 5.73 Å². The molecule has 0 amide bonds. The molecule has 92 valence electrons. The standard InChI is InChI=1S/C14H16N4/c1-9-2-3-13-10(4-9)5-12(17-13)6-11-8-16-18-14(11)7-15/h2-5,8,17H,6-7,15H2,1H3,(H,16,18). The third-order valence-electron chi connectivity index (χ3n) is 3.22. The van der Waals surface area contributed by atoms with Gasteiger partial charge in [0.1, 0.15) is 0 Å². The summed E-state index contributed by atoms with van der Waals surface area (Å²) in [4.78, 5) is 3.43. The molecular formula is C14H16N4. The second-order valence-corrected chi connectivity index (χ2v) is 4.64. The molecule has 3 rings (SSSR count). The Balaban J connectivity index is 1.95. The SMILES string of the molecule is Cc1ccc2[nH]c(Cc3cn[nH]c3CN)cc2c1. The van der Waals surface area contributed by atoms with Crippen LogP contribution in [-0.2, 0) is 13.0 Å². The van der Waals surface area contributed by atoms with Crippen LogP contribution < -0.4 is 5.73 Å². The lowest BCUT2D eigenvalue weighted by molar-refractivity contribution is 0.930. The molecule has 2 heterocycles. The highest BCUT2D eigenvalue weighted by Crippen LogP contribution is 2.19. The molecular weight excluding hydrogens is 224 g/mol. The zero-order valence-corrected chi connectivity index (χ0v) is 10.3. The number of aryl methyl sites for hydroxylation is 1. The van der Waals surface area contributed by atoms with E-state index in [2.05, 4.69) is 46.4 Å². The minimum atomic E-state index is 0.495. The van der Waals surface area contributed by atoms with E-state index >= 15 is 0 Å². The summed E-state index contributed by atoms with van der Waals surface area (Å²) in [6, 6.07) is 8.61. The van der Waals surface area contributed by atoms with Crippen molar-refractivity contribution in [3.05, 3.63) is 53.0 Å². The number of nitrogens with one attached hydrogen (secondary N) is 2. The number of benzene rings is 1. The number of fused-ring (bicyclic) bond motifs is 1. The molecule has 3 aromatic rings. The van der Waals surface area contributed by atoms with E-state index < -0.39 is 0 Å². The van der Waals surface area contributed by atoms with E-state index in [-0.39, 0.29) is 0 Å². The summed E-state index contributed by atoms with van der Waals surface area (Å²) >= 11 is 0. The third-order valence-corrected chi connectivity index (χ3v) is 3.22. The highest BCUT2D eigenvalue weighted by Gasteiger charge is 2.07. The zero-order chi connectivity index (χ0) is 12.5. The first-order valence-electron chi connectivity index (χ1n) is 6.05. The van der Waals surface area contributed by atoms with Crippen LogP contribution in [0.15, 0.2) is 30.5 Å². The molecule has 4 nitrogen and oxygen atoms in total. The topological polar surface area (TPSA) is 70.5 Å². The smallest absolute Gasteiger partial charge is 0.0526 e. The fourth-order valence-corrected chi connectivity index (χ4v) is 2.28. The van der Waals surface area contributed by atoms with Gasteiger partial charge >= 0.3 is 0 Å². The van der Waals surface area contributed by atoms with Crippen LogP contribution in [-0.4, -0.2) is 15.2 Å². The van der Waals surface area contributed by atoms with Crippen LogP contribution in [0.1, 0.15) is 22.5 Å². The monoisotopic (exact) mass is 240 g/mol. The normalized spacial score (nSPS) is 11.2. The molecule has 0 atom stereocenters. The van der Waals surface area contributed by atoms with Crippen molar-refractivity contribution in [1.82, 2.24) is 15.2 Å². The second-order valence-electron chi connectivity index (χ2n) is 4.64. The maximum atomic E-state index is 5.66. The summed E-state index contributed by atoms with van der Waals surface area (Å²) < 4.78 is 0. The molecule has 0 aliphatic rings. The van der Waals surface area contributed by atoms with Gasteiger partial charge in [-0.2, -0.15) is 5.10 Å². The minimum Gasteiger partial charge on any atom is -0.358 e. The van der Waals surface area contributed by atoms with E-state index in [9.17, 15) is 0 Å². The van der Waals surface area contributed by atoms with E-state index in [0.29, 0.717) is 6.54 Å². The molecule has 0 spiro atoms. The lowest BCUT2D eigenvalue weighted by atomic mass is 10.1. The first-order chi connectivity index (χ1) is 8.76. The number of aromatic nitrogens is 3. The average Bonchev–Trinajstić information content (AvgIpc) is 2.94. The predicted molar refractivity (Wildman–Crippen MR) is 72.3 cm³/mol. The molecule has 18 heavy (non-hydrogen) atoms. The number of nitrogens with zero attached hydrogens (tertiary/aromatic N) is 1. The Labute approximate surface area is 105 Å². The first kappa shape index (κ1) is 11.0. The van der Waals surface area contributed by atoms with Crippen molar-refractivity contribution < 1.29 is 0 Å². The molecule has 0 unspecified atom stereocenters. The highest BCUT2D eigenvalue weighted by atomic mass is 15.1. The molecule has 0 bridgehead atoms. The van der Waals surface area contributed by atoms with Gasteiger partial charge in [-0.1, -0.05) is 11.6 Å². The fourth-order valence-electron chi connectivity index (χ4n) is 2.28. The number of H-pyrrole nitrogens is 2. The number of rotatable bonds is 3. The van der Waals surface area contributed by atoms with Gasteiger partial charge in [0.05, 0.1) is 11.9 Å². The van der Waals surface area contributed by atoms with Crippen LogP contribution in [0.3, 0.4) is 0 Å². The molecule has 1 aromatic carbocycles. The summed E-state index contributed by atoms with van der Waals surface area (Å²) in [6.45, 7) is 2.60. The molecule has 0 aliphatic heterocycles. The number of nitrogens with two attached hydrogens (primary N) is 1. The van der Waals surface area contributed by atoms with Gasteiger partial charge in [0.15, 0.2) is 0 Å². The molecule has 0 aliphatic carbocycles. The fraction of sp³-hybridized carbons (Fsp3) is 0.214. The third kappa shape index (κ3) is 1.91. The molecule has 0 radical (unpaired) electrons. The Hall–Kier alpha value is -2.07. The molecule has 0 saturated heterocycles. The van der Waals surface area contributed by atoms with Crippen LogP contribution >= 0.6 is 0 Å². The Morgan fingerprint density at radius 1 is 1.28 bits per heavy atom. The van der Waals surface area contributed by atoms with Crippen LogP contribution in [0.25, 0.3) is 10.9 Å². The average molecular weight is 240 g/mol. The van der Waals surface area contributed by atoms with E-state index in [0.717, 1.165) is 17.7 Å². The van der Waals surface area contributed by atoms with Crippen molar-refractivity contribution >= 4 is 10.9 Å². The summed E-state index contributed by atoms with van der Waals surface area (Å²) in [5.74, 6) is 0. The van der Waals surface area contributed by atoms with E-state index in [4.69, 9.17) is 5.73 Å². The van der Waals surface area contributed by atoms with Crippen molar-refractivity contribution in [2.75, 3.05) is 0 Å². The second kappa shape index (κ2) is 4.31. The van der Waals surface area contributed by atoms with Crippen molar-refractivity contribution in [2.45, 2.75) is 19.9 Å². The van der Waals surface area contributed by atoms with Crippen molar-refractivity contribution in [3.8, 4) is 0 Å². The first-order valence-corrected chi connectivity index (χ1v) is 6.05. The molecule has 4 N–H and O–H groups in total. The molecule has 4 heteroatoms. The van der Waals surface area contributed by atoms with E-state index in [1.54, 1.807) is 0 Å². The largest absolute Gasteiger partial charge is 0.358 e. The van der Waals surface area contributed by atoms with Gasteiger partial charge in [-0.05, 0) is 30.5 Å². The summed E-state index contributed by atoms with van der Waals surface area (Å²) in [5.41, 5.74) is 11.5. The summed E-state index contributed by atoms with van der Waals surface area (Å²) in [6.07, 6.45) is 2.68. The molecule has 2 aromatic heterocycles. The van der Waals surface area contributed by atoms with Gasteiger partial charge in [-0.25, -0.2) is 0 Å². The number of hydrogen-bond acceptors (Lipinski definition) is 2. The Kier molecular flexibility index (Phi) is 2.64. The molecule has 0 saturated carbocycles. The van der Waals surface area contributed by atoms with Gasteiger partial charge in [-0.15, -0.1) is 0 Å². The van der Waals surface area contributed by atoms with Gasteiger partial charge in [-0.3, -0.25) is 5.10 Å². The highest BCUT2D eigenvalue weighted by molar-refractivity contribution is 5.81. The predicted octanol–water partition coefficient (Wildman–Crippen LogP) is 2.25. The van der Waals surface area contributed by atoms with E-state index in [1.165, 1.54) is 22.2 Å². The van der Waals surface area contributed by atoms with Gasteiger partial charge in [0.2, 0.25) is 0 Å². The van der Waals surface area contributed by atoms with Gasteiger partial charge < -0.3 is 10.7 Å². The minimum absolute atomic E-state index is 0.495. The van der Waals surface area contributed by atoms with Crippen LogP contribution in [0.4, 0.5) is 0 Å². The Morgan fingerprint density at radius 3 is 3.00 bits per heavy atom. The van der Waals surface area contributed by atoms with Crippen molar-refractivity contribution in [1.29, 1.82) is 0 Å². The quantitative estimate of drug-likeness (QED) is 0.657. The number of hydrogen-bond donors (Lipinski definition) is 3. The van der Waals surface area contributed by atoms with Crippen LogP contribution in [0.2, 0.25) is 0 Å². The maximum Gasteiger partial charge on any atom is 0.0526 e. The van der Waals surface area contributed by atoms with E-state index in [1.807, 2.05) is 6.20 Å². The lowest BCUT2D eigenvalue weighted by Crippen LogP contribution is -2.01. The summed E-state index contributed by atoms with van der Waals surface area (Å²) in [5, 5.41) is 8.22. The Morgan fingerprint density at radius 2 is 2.17 bits per heavy atom. The Bertz CT molecular complexity index is 678. The van der Waals surface area contributed by atoms with Gasteiger partial charge in [0.25, 0.3) is 0 Å². The summed E-state index contributed by atoms with van der Waals surface area (Å²) in [7, 11) is 0. The van der Waals surface area contributed by atoms with Gasteiger partial charge in [0, 0.05) is 29.7 Å². The molecule has 0 fully saturated rings. The lowest BCUT2D eigenvalue weighted by Gasteiger charge is -1.98. The maximum absolute atomic E-state index is 5.66. The zero-order valence-electron chi connectivity index (χ0n) is 10.3. The number of aromatic amines is 2. The van der Waals surface area contributed by atoms with Crippen LogP contribution in [0, 0.1) is 6.92 Å². The van der Waals surface area contributed by atoms with Crippen molar-refractivity contribution in [3.63, 3.8) is 0 Å².